The molecule has 3 N–H and O–H groups in total. The summed E-state index contributed by atoms with van der Waals surface area (Å²) >= 11 is 0. The van der Waals surface area contributed by atoms with Gasteiger partial charge in [0.25, 0.3) is 5.91 Å². The van der Waals surface area contributed by atoms with Crippen LogP contribution in [0.15, 0.2) is 35.4 Å². The maximum Gasteiger partial charge on any atom is 0.347 e. The third kappa shape index (κ3) is 3.17. The number of benzene rings is 1. The lowest BCUT2D eigenvalue weighted by Gasteiger charge is -2.34. The van der Waals surface area contributed by atoms with Crippen molar-refractivity contribution in [2.75, 3.05) is 18.0 Å². The lowest BCUT2D eigenvalue weighted by atomic mass is 10.0. The number of amides is 1. The number of carbonyl (C=O) groups is 1. The molecule has 1 saturated heterocycles. The monoisotopic (exact) mass is 352 g/mol. The van der Waals surface area contributed by atoms with Gasteiger partial charge in [0.15, 0.2) is 5.82 Å². The molecular weight excluding hydrogens is 332 g/mol. The van der Waals surface area contributed by atoms with Crippen LogP contribution in [0.25, 0.3) is 10.9 Å². The minimum absolute atomic E-state index is 0.0251. The molecule has 0 saturated carbocycles. The van der Waals surface area contributed by atoms with Crippen molar-refractivity contribution in [2.45, 2.75) is 25.8 Å². The smallest absolute Gasteiger partial charge is 0.347 e. The predicted molar refractivity (Wildman–Crippen MR) is 98.4 cm³/mol. The zero-order valence-electron chi connectivity index (χ0n) is 14.5. The van der Waals surface area contributed by atoms with Crippen LogP contribution in [0.3, 0.4) is 0 Å². The van der Waals surface area contributed by atoms with Gasteiger partial charge >= 0.3 is 5.69 Å². The van der Waals surface area contributed by atoms with Crippen LogP contribution in [0.2, 0.25) is 0 Å². The molecule has 8 nitrogen and oxygen atoms in total. The Morgan fingerprint density at radius 3 is 3.08 bits per heavy atom. The van der Waals surface area contributed by atoms with E-state index < -0.39 is 0 Å². The lowest BCUT2D eigenvalue weighted by molar-refractivity contribution is 0.0923. The van der Waals surface area contributed by atoms with Crippen molar-refractivity contribution in [3.8, 4) is 0 Å². The number of H-pyrrole nitrogens is 2. The van der Waals surface area contributed by atoms with Gasteiger partial charge in [0.2, 0.25) is 0 Å². The van der Waals surface area contributed by atoms with Crippen LogP contribution in [0.5, 0.6) is 0 Å². The summed E-state index contributed by atoms with van der Waals surface area (Å²) in [5, 5.41) is 3.92. The molecule has 0 bridgehead atoms. The molecular formula is C18H20N6O2. The number of fused-ring (bicyclic) bond motifs is 1. The third-order valence-electron chi connectivity index (χ3n) is 4.63. The van der Waals surface area contributed by atoms with Crippen molar-refractivity contribution in [2.24, 2.45) is 0 Å². The van der Waals surface area contributed by atoms with Crippen LogP contribution in [-0.4, -0.2) is 45.0 Å². The number of hydrogen-bond donors (Lipinski definition) is 3. The first-order chi connectivity index (χ1) is 12.6. The number of aromatic amines is 2. The second kappa shape index (κ2) is 6.62. The molecule has 1 atom stereocenters. The summed E-state index contributed by atoms with van der Waals surface area (Å²) in [6.45, 7) is 3.39. The molecule has 1 unspecified atom stereocenters. The highest BCUT2D eigenvalue weighted by Gasteiger charge is 2.25. The van der Waals surface area contributed by atoms with E-state index in [4.69, 9.17) is 0 Å². The zero-order valence-corrected chi connectivity index (χ0v) is 14.5. The van der Waals surface area contributed by atoms with Crippen molar-refractivity contribution in [3.63, 3.8) is 0 Å². The maximum absolute atomic E-state index is 12.2. The molecule has 134 valence electrons. The number of nitrogens with zero attached hydrogens (tertiary/aromatic N) is 3. The molecule has 1 fully saturated rings. The van der Waals surface area contributed by atoms with E-state index in [0.717, 1.165) is 35.9 Å². The molecule has 4 rings (SSSR count). The number of piperidine rings is 1. The second-order valence-corrected chi connectivity index (χ2v) is 6.61. The van der Waals surface area contributed by atoms with Gasteiger partial charge in [0, 0.05) is 36.9 Å². The third-order valence-corrected chi connectivity index (χ3v) is 4.63. The standard InChI is InChI=1S/C18H20N6O2/c1-11-4-5-13-14(9-11)22-18(26)23-16(13)24-8-2-3-12(10-24)21-17(25)15-19-6-7-20-15/h4-7,9,12H,2-3,8,10H2,1H3,(H,19,20)(H,21,25)(H,22,23,26). The quantitative estimate of drug-likeness (QED) is 0.660. The van der Waals surface area contributed by atoms with Crippen molar-refractivity contribution in [3.05, 3.63) is 52.5 Å². The van der Waals surface area contributed by atoms with Crippen LogP contribution in [-0.2, 0) is 0 Å². The van der Waals surface area contributed by atoms with E-state index in [2.05, 4.69) is 30.2 Å². The molecule has 1 aliphatic heterocycles. The number of carbonyl (C=O) groups excluding carboxylic acids is 1. The Labute approximate surface area is 149 Å². The van der Waals surface area contributed by atoms with Gasteiger partial charge in [-0.1, -0.05) is 6.07 Å². The summed E-state index contributed by atoms with van der Waals surface area (Å²) in [7, 11) is 0. The SMILES string of the molecule is Cc1ccc2c(N3CCCC(NC(=O)c4ncc[nH]4)C3)nc(=O)[nH]c2c1. The van der Waals surface area contributed by atoms with Crippen LogP contribution < -0.4 is 15.9 Å². The Kier molecular flexibility index (Phi) is 4.16. The number of imidazole rings is 1. The van der Waals surface area contributed by atoms with Crippen molar-refractivity contribution in [1.82, 2.24) is 25.3 Å². The van der Waals surface area contributed by atoms with Crippen molar-refractivity contribution < 1.29 is 4.79 Å². The summed E-state index contributed by atoms with van der Waals surface area (Å²) in [5.41, 5.74) is 1.49. The van der Waals surface area contributed by atoms with E-state index in [9.17, 15) is 9.59 Å². The molecule has 8 heteroatoms. The van der Waals surface area contributed by atoms with Crippen LogP contribution in [0, 0.1) is 6.92 Å². The molecule has 3 heterocycles. The average molecular weight is 352 g/mol. The molecule has 2 aromatic heterocycles. The van der Waals surface area contributed by atoms with Gasteiger partial charge in [0.05, 0.1) is 5.52 Å². The Bertz CT molecular complexity index is 995. The minimum Gasteiger partial charge on any atom is -0.354 e. The highest BCUT2D eigenvalue weighted by Crippen LogP contribution is 2.25. The number of aromatic nitrogens is 4. The summed E-state index contributed by atoms with van der Waals surface area (Å²) in [4.78, 5) is 40.1. The first-order valence-corrected chi connectivity index (χ1v) is 8.66. The van der Waals surface area contributed by atoms with Gasteiger partial charge in [-0.25, -0.2) is 9.78 Å². The van der Waals surface area contributed by atoms with Crippen molar-refractivity contribution in [1.29, 1.82) is 0 Å². The Hall–Kier alpha value is -3.16. The zero-order chi connectivity index (χ0) is 18.1. The van der Waals surface area contributed by atoms with E-state index in [-0.39, 0.29) is 17.6 Å². The van der Waals surface area contributed by atoms with E-state index in [0.29, 0.717) is 18.2 Å². The van der Waals surface area contributed by atoms with Gasteiger partial charge in [-0.3, -0.25) is 4.79 Å². The van der Waals surface area contributed by atoms with E-state index >= 15 is 0 Å². The molecule has 26 heavy (non-hydrogen) atoms. The Morgan fingerprint density at radius 2 is 2.27 bits per heavy atom. The Morgan fingerprint density at radius 1 is 1.38 bits per heavy atom. The fourth-order valence-electron chi connectivity index (χ4n) is 3.43. The van der Waals surface area contributed by atoms with Crippen LogP contribution in [0.4, 0.5) is 5.82 Å². The summed E-state index contributed by atoms with van der Waals surface area (Å²) in [6, 6.07) is 5.91. The number of anilines is 1. The first-order valence-electron chi connectivity index (χ1n) is 8.66. The maximum atomic E-state index is 12.2. The Balaban J connectivity index is 1.59. The number of nitrogens with one attached hydrogen (secondary N) is 3. The number of hydrogen-bond acceptors (Lipinski definition) is 5. The highest BCUT2D eigenvalue weighted by atomic mass is 16.2. The van der Waals surface area contributed by atoms with E-state index in [1.165, 1.54) is 0 Å². The fourth-order valence-corrected chi connectivity index (χ4v) is 3.43. The summed E-state index contributed by atoms with van der Waals surface area (Å²) < 4.78 is 0. The van der Waals surface area contributed by atoms with E-state index in [1.807, 2.05) is 25.1 Å². The van der Waals surface area contributed by atoms with Gasteiger partial charge < -0.3 is 20.2 Å². The minimum atomic E-state index is -0.361. The molecule has 1 aliphatic rings. The second-order valence-electron chi connectivity index (χ2n) is 6.61. The van der Waals surface area contributed by atoms with Crippen molar-refractivity contribution >= 4 is 22.6 Å². The van der Waals surface area contributed by atoms with Gasteiger partial charge in [0.1, 0.15) is 5.82 Å². The van der Waals surface area contributed by atoms with Crippen LogP contribution in [0.1, 0.15) is 29.0 Å². The number of rotatable bonds is 3. The molecule has 0 radical (unpaired) electrons. The average Bonchev–Trinajstić information content (AvgIpc) is 3.15. The number of aryl methyl sites for hydroxylation is 1. The molecule has 1 aromatic carbocycles. The lowest BCUT2D eigenvalue weighted by Crippen LogP contribution is -2.48. The highest BCUT2D eigenvalue weighted by molar-refractivity contribution is 5.91. The fraction of sp³-hybridized carbons (Fsp3) is 0.333. The summed E-state index contributed by atoms with van der Waals surface area (Å²) in [5.74, 6) is 0.749. The normalized spacial score (nSPS) is 17.4. The molecule has 0 spiro atoms. The van der Waals surface area contributed by atoms with Gasteiger partial charge in [-0.05, 0) is 37.5 Å². The van der Waals surface area contributed by atoms with E-state index in [1.54, 1.807) is 12.4 Å². The molecule has 0 aliphatic carbocycles. The largest absolute Gasteiger partial charge is 0.354 e. The molecule has 1 amide bonds. The summed E-state index contributed by atoms with van der Waals surface area (Å²) in [6.07, 6.45) is 4.96. The van der Waals surface area contributed by atoms with Gasteiger partial charge in [-0.2, -0.15) is 4.98 Å². The predicted octanol–water partition coefficient (Wildman–Crippen LogP) is 1.35. The van der Waals surface area contributed by atoms with Crippen LogP contribution >= 0.6 is 0 Å². The first kappa shape index (κ1) is 16.3. The topological polar surface area (TPSA) is 107 Å². The molecule has 3 aromatic rings. The van der Waals surface area contributed by atoms with Gasteiger partial charge in [-0.15, -0.1) is 0 Å².